The lowest BCUT2D eigenvalue weighted by Gasteiger charge is -2.20. The van der Waals surface area contributed by atoms with Gasteiger partial charge in [0, 0.05) is 4.88 Å². The molecule has 0 amide bonds. The molecule has 1 heterocycles. The number of nitrogens with one attached hydrogen (secondary N) is 1. The van der Waals surface area contributed by atoms with Crippen molar-refractivity contribution in [3.05, 3.63) is 39.3 Å². The molecule has 0 fully saturated rings. The molecule has 0 aliphatic carbocycles. The quantitative estimate of drug-likeness (QED) is 0.739. The summed E-state index contributed by atoms with van der Waals surface area (Å²) in [5.41, 5.74) is 12.0. The van der Waals surface area contributed by atoms with Crippen molar-refractivity contribution in [2.24, 2.45) is 0 Å². The Labute approximate surface area is 120 Å². The predicted octanol–water partition coefficient (Wildman–Crippen LogP) is 4.27. The van der Waals surface area contributed by atoms with Gasteiger partial charge in [-0.15, -0.1) is 11.3 Å². The Hall–Kier alpha value is -1.46. The molecule has 5 N–H and O–H groups in total. The standard InChI is InChI=1S/C13H15ClFN3S/c1-2-9(10-4-3-5-19-10)18-13-8(17)6-7(16)11(14)12(13)15/h3-6,9,18H,2,16-17H2,1H3. The third-order valence-electron chi connectivity index (χ3n) is 2.88. The molecule has 0 saturated carbocycles. The van der Waals surface area contributed by atoms with E-state index in [0.717, 1.165) is 11.3 Å². The summed E-state index contributed by atoms with van der Waals surface area (Å²) >= 11 is 7.42. The monoisotopic (exact) mass is 299 g/mol. The molecule has 2 rings (SSSR count). The number of rotatable bonds is 4. The summed E-state index contributed by atoms with van der Waals surface area (Å²) in [6, 6.07) is 5.42. The van der Waals surface area contributed by atoms with E-state index >= 15 is 0 Å². The Kier molecular flexibility index (Phi) is 4.17. The molecule has 1 aromatic carbocycles. The normalized spacial score (nSPS) is 12.4. The molecule has 1 unspecified atom stereocenters. The fourth-order valence-electron chi connectivity index (χ4n) is 1.85. The highest BCUT2D eigenvalue weighted by Crippen LogP contribution is 2.36. The summed E-state index contributed by atoms with van der Waals surface area (Å²) in [4.78, 5) is 1.12. The molecule has 0 radical (unpaired) electrons. The molecule has 0 bridgehead atoms. The predicted molar refractivity (Wildman–Crippen MR) is 81.2 cm³/mol. The summed E-state index contributed by atoms with van der Waals surface area (Å²) in [5, 5.41) is 4.99. The number of halogens is 2. The van der Waals surface area contributed by atoms with Crippen LogP contribution in [0.1, 0.15) is 24.3 Å². The lowest BCUT2D eigenvalue weighted by Crippen LogP contribution is -2.12. The molecule has 1 atom stereocenters. The zero-order chi connectivity index (χ0) is 14.0. The summed E-state index contributed by atoms with van der Waals surface area (Å²) in [5.74, 6) is -0.603. The summed E-state index contributed by atoms with van der Waals surface area (Å²) in [6.07, 6.45) is 0.807. The van der Waals surface area contributed by atoms with Gasteiger partial charge in [0.15, 0.2) is 5.82 Å². The van der Waals surface area contributed by atoms with Crippen LogP contribution in [0.2, 0.25) is 5.02 Å². The van der Waals surface area contributed by atoms with Crippen LogP contribution in [0.4, 0.5) is 21.5 Å². The number of hydrogen-bond acceptors (Lipinski definition) is 4. The van der Waals surface area contributed by atoms with Crippen LogP contribution < -0.4 is 16.8 Å². The Morgan fingerprint density at radius 3 is 2.74 bits per heavy atom. The zero-order valence-electron chi connectivity index (χ0n) is 10.4. The van der Waals surface area contributed by atoms with Crippen LogP contribution >= 0.6 is 22.9 Å². The summed E-state index contributed by atoms with van der Waals surface area (Å²) in [7, 11) is 0. The van der Waals surface area contributed by atoms with Crippen LogP contribution in [0.5, 0.6) is 0 Å². The average molecular weight is 300 g/mol. The van der Waals surface area contributed by atoms with Gasteiger partial charge >= 0.3 is 0 Å². The fourth-order valence-corrected chi connectivity index (χ4v) is 2.86. The van der Waals surface area contributed by atoms with Crippen molar-refractivity contribution in [3.63, 3.8) is 0 Å². The molecular formula is C13H15ClFN3S. The van der Waals surface area contributed by atoms with E-state index in [4.69, 9.17) is 23.1 Å². The number of hydrogen-bond donors (Lipinski definition) is 3. The maximum atomic E-state index is 14.1. The molecule has 0 saturated heterocycles. The summed E-state index contributed by atoms with van der Waals surface area (Å²) < 4.78 is 14.1. The Morgan fingerprint density at radius 1 is 1.42 bits per heavy atom. The molecular weight excluding hydrogens is 285 g/mol. The maximum absolute atomic E-state index is 14.1. The van der Waals surface area contributed by atoms with Gasteiger partial charge in [-0.3, -0.25) is 0 Å². The Bertz CT molecular complexity index is 572. The van der Waals surface area contributed by atoms with Gasteiger partial charge in [0.05, 0.1) is 23.1 Å². The number of nitrogens with two attached hydrogens (primary N) is 2. The molecule has 2 aromatic rings. The van der Waals surface area contributed by atoms with E-state index in [1.54, 1.807) is 11.3 Å². The van der Waals surface area contributed by atoms with Crippen LogP contribution in [-0.2, 0) is 0 Å². The van der Waals surface area contributed by atoms with Gasteiger partial charge < -0.3 is 16.8 Å². The molecule has 102 valence electrons. The van der Waals surface area contributed by atoms with E-state index in [1.807, 2.05) is 24.4 Å². The number of thiophene rings is 1. The minimum absolute atomic E-state index is 0.00325. The van der Waals surface area contributed by atoms with Crippen LogP contribution in [0, 0.1) is 5.82 Å². The minimum atomic E-state index is -0.603. The van der Waals surface area contributed by atoms with Gasteiger partial charge in [-0.05, 0) is 23.9 Å². The first-order valence-corrected chi connectivity index (χ1v) is 7.13. The minimum Gasteiger partial charge on any atom is -0.397 e. The molecule has 3 nitrogen and oxygen atoms in total. The van der Waals surface area contributed by atoms with Crippen molar-refractivity contribution in [2.45, 2.75) is 19.4 Å². The van der Waals surface area contributed by atoms with Gasteiger partial charge in [0.1, 0.15) is 5.02 Å². The van der Waals surface area contributed by atoms with E-state index in [-0.39, 0.29) is 28.1 Å². The smallest absolute Gasteiger partial charge is 0.169 e. The molecule has 0 spiro atoms. The van der Waals surface area contributed by atoms with E-state index in [1.165, 1.54) is 6.07 Å². The highest BCUT2D eigenvalue weighted by Gasteiger charge is 2.18. The van der Waals surface area contributed by atoms with Gasteiger partial charge in [-0.25, -0.2) is 4.39 Å². The van der Waals surface area contributed by atoms with Gasteiger partial charge in [0.2, 0.25) is 0 Å². The first kappa shape index (κ1) is 14.0. The second-order valence-electron chi connectivity index (χ2n) is 4.18. The Balaban J connectivity index is 2.35. The summed E-state index contributed by atoms with van der Waals surface area (Å²) in [6.45, 7) is 2.02. The lowest BCUT2D eigenvalue weighted by atomic mass is 10.1. The van der Waals surface area contributed by atoms with Gasteiger partial charge in [0.25, 0.3) is 0 Å². The SMILES string of the molecule is CCC(Nc1c(N)cc(N)c(Cl)c1F)c1cccs1. The Morgan fingerprint density at radius 2 is 2.16 bits per heavy atom. The second kappa shape index (κ2) is 5.67. The van der Waals surface area contributed by atoms with Crippen molar-refractivity contribution in [1.82, 2.24) is 0 Å². The highest BCUT2D eigenvalue weighted by molar-refractivity contribution is 7.10. The van der Waals surface area contributed by atoms with E-state index in [0.29, 0.717) is 0 Å². The molecule has 0 aliphatic heterocycles. The van der Waals surface area contributed by atoms with E-state index in [2.05, 4.69) is 5.32 Å². The third kappa shape index (κ3) is 2.77. The largest absolute Gasteiger partial charge is 0.397 e. The highest BCUT2D eigenvalue weighted by atomic mass is 35.5. The topological polar surface area (TPSA) is 64.1 Å². The number of anilines is 3. The number of benzene rings is 1. The molecule has 6 heteroatoms. The molecule has 1 aromatic heterocycles. The fraction of sp³-hybridized carbons (Fsp3) is 0.231. The van der Waals surface area contributed by atoms with Gasteiger partial charge in [-0.1, -0.05) is 24.6 Å². The second-order valence-corrected chi connectivity index (χ2v) is 5.54. The van der Waals surface area contributed by atoms with Crippen LogP contribution in [-0.4, -0.2) is 0 Å². The van der Waals surface area contributed by atoms with Crippen molar-refractivity contribution >= 4 is 40.0 Å². The maximum Gasteiger partial charge on any atom is 0.169 e. The molecule has 19 heavy (non-hydrogen) atoms. The van der Waals surface area contributed by atoms with Crippen LogP contribution in [0.15, 0.2) is 23.6 Å². The van der Waals surface area contributed by atoms with Gasteiger partial charge in [-0.2, -0.15) is 0 Å². The first-order valence-electron chi connectivity index (χ1n) is 5.87. The van der Waals surface area contributed by atoms with E-state index in [9.17, 15) is 4.39 Å². The van der Waals surface area contributed by atoms with Crippen molar-refractivity contribution in [1.29, 1.82) is 0 Å². The first-order chi connectivity index (χ1) is 9.04. The number of nitrogen functional groups attached to an aromatic ring is 2. The third-order valence-corrected chi connectivity index (χ3v) is 4.25. The van der Waals surface area contributed by atoms with Crippen LogP contribution in [0.3, 0.4) is 0 Å². The van der Waals surface area contributed by atoms with Crippen LogP contribution in [0.25, 0.3) is 0 Å². The average Bonchev–Trinajstić information content (AvgIpc) is 2.90. The molecule has 0 aliphatic rings. The van der Waals surface area contributed by atoms with E-state index < -0.39 is 5.82 Å². The van der Waals surface area contributed by atoms with Crippen molar-refractivity contribution < 1.29 is 4.39 Å². The van der Waals surface area contributed by atoms with Crippen molar-refractivity contribution in [2.75, 3.05) is 16.8 Å². The lowest BCUT2D eigenvalue weighted by molar-refractivity contribution is 0.626. The van der Waals surface area contributed by atoms with Crippen molar-refractivity contribution in [3.8, 4) is 0 Å². The zero-order valence-corrected chi connectivity index (χ0v) is 12.0.